The number of nitro benzene ring substituents is 1. The Balaban J connectivity index is 1.86. The first-order valence-corrected chi connectivity index (χ1v) is 10.2. The molecule has 3 aromatic rings. The Morgan fingerprint density at radius 1 is 1.03 bits per heavy atom. The van der Waals surface area contributed by atoms with Gasteiger partial charge in [-0.3, -0.25) is 19.8 Å². The van der Waals surface area contributed by atoms with Gasteiger partial charge in [-0.1, -0.05) is 35.9 Å². The fourth-order valence-corrected chi connectivity index (χ4v) is 3.61. The lowest BCUT2D eigenvalue weighted by Crippen LogP contribution is -2.33. The summed E-state index contributed by atoms with van der Waals surface area (Å²) in [4.78, 5) is 30.1. The molecule has 9 heteroatoms. The monoisotopic (exact) mass is 463 g/mol. The molecule has 1 aliphatic rings. The fourth-order valence-electron chi connectivity index (χ4n) is 3.42. The van der Waals surface area contributed by atoms with Crippen LogP contribution in [0.15, 0.2) is 77.4 Å². The number of hydrogen-bond acceptors (Lipinski definition) is 6. The number of methoxy groups -OCH3 is 2. The SMILES string of the molecule is COc1ccc(N2C(=O)/C(=C/c3cccc([N+](=O)[O-])c3)N=C2c2cccc(Cl)c2)c(OC)c1. The number of aliphatic imine (C=N–C) groups is 1. The number of non-ortho nitro benzene ring substituents is 1. The van der Waals surface area contributed by atoms with Gasteiger partial charge in [0.25, 0.3) is 11.6 Å². The minimum absolute atomic E-state index is 0.0810. The second kappa shape index (κ2) is 9.13. The maximum atomic E-state index is 13.5. The van der Waals surface area contributed by atoms with Gasteiger partial charge in [-0.15, -0.1) is 0 Å². The number of anilines is 1. The first-order chi connectivity index (χ1) is 15.9. The molecule has 0 aromatic heterocycles. The molecule has 0 N–H and O–H groups in total. The normalized spacial score (nSPS) is 14.4. The van der Waals surface area contributed by atoms with Crippen LogP contribution in [0.25, 0.3) is 6.08 Å². The molecule has 0 radical (unpaired) electrons. The van der Waals surface area contributed by atoms with Gasteiger partial charge in [0.05, 0.1) is 24.8 Å². The summed E-state index contributed by atoms with van der Waals surface area (Å²) < 4.78 is 10.8. The lowest BCUT2D eigenvalue weighted by molar-refractivity contribution is -0.384. The molecule has 3 aromatic carbocycles. The van der Waals surface area contributed by atoms with Gasteiger partial charge in [0.15, 0.2) is 0 Å². The molecule has 0 aliphatic carbocycles. The van der Waals surface area contributed by atoms with E-state index in [-0.39, 0.29) is 11.4 Å². The molecule has 0 spiro atoms. The van der Waals surface area contributed by atoms with Crippen molar-refractivity contribution in [2.75, 3.05) is 19.1 Å². The van der Waals surface area contributed by atoms with Gasteiger partial charge in [0.1, 0.15) is 23.0 Å². The molecule has 0 unspecified atom stereocenters. The van der Waals surface area contributed by atoms with Crippen LogP contribution in [-0.4, -0.2) is 30.9 Å². The topological polar surface area (TPSA) is 94.3 Å². The van der Waals surface area contributed by atoms with Crippen molar-refractivity contribution in [1.29, 1.82) is 0 Å². The summed E-state index contributed by atoms with van der Waals surface area (Å²) in [6.07, 6.45) is 1.51. The number of amidine groups is 1. The molecule has 0 fully saturated rings. The number of amides is 1. The number of ether oxygens (including phenoxy) is 2. The largest absolute Gasteiger partial charge is 0.497 e. The Bertz CT molecular complexity index is 1320. The van der Waals surface area contributed by atoms with E-state index in [0.717, 1.165) is 0 Å². The third-order valence-corrected chi connectivity index (χ3v) is 5.19. The summed E-state index contributed by atoms with van der Waals surface area (Å²) in [7, 11) is 3.03. The summed E-state index contributed by atoms with van der Waals surface area (Å²) in [6, 6.07) is 18.0. The summed E-state index contributed by atoms with van der Waals surface area (Å²) in [5.74, 6) is 0.910. The van der Waals surface area contributed by atoms with E-state index in [1.807, 2.05) is 0 Å². The number of benzene rings is 3. The summed E-state index contributed by atoms with van der Waals surface area (Å²) in [5, 5.41) is 11.6. The Kier molecular flexibility index (Phi) is 6.10. The highest BCUT2D eigenvalue weighted by Gasteiger charge is 2.34. The molecule has 1 amide bonds. The molecule has 0 bridgehead atoms. The van der Waals surface area contributed by atoms with Gasteiger partial charge in [-0.25, -0.2) is 4.99 Å². The van der Waals surface area contributed by atoms with Crippen molar-refractivity contribution in [3.8, 4) is 11.5 Å². The van der Waals surface area contributed by atoms with Crippen LogP contribution in [0.1, 0.15) is 11.1 Å². The average molecular weight is 464 g/mol. The van der Waals surface area contributed by atoms with Crippen molar-refractivity contribution >= 4 is 40.8 Å². The van der Waals surface area contributed by atoms with Gasteiger partial charge in [-0.2, -0.15) is 0 Å². The zero-order valence-corrected chi connectivity index (χ0v) is 18.4. The zero-order valence-electron chi connectivity index (χ0n) is 17.7. The van der Waals surface area contributed by atoms with Crippen LogP contribution in [0.4, 0.5) is 11.4 Å². The first kappa shape index (κ1) is 22.0. The van der Waals surface area contributed by atoms with Gasteiger partial charge >= 0.3 is 0 Å². The van der Waals surface area contributed by atoms with E-state index in [4.69, 9.17) is 21.1 Å². The summed E-state index contributed by atoms with van der Waals surface area (Å²) in [5.41, 5.74) is 1.59. The van der Waals surface area contributed by atoms with Crippen LogP contribution in [0.3, 0.4) is 0 Å². The minimum atomic E-state index is -0.492. The van der Waals surface area contributed by atoms with E-state index < -0.39 is 10.8 Å². The average Bonchev–Trinajstić information content (AvgIpc) is 3.14. The Morgan fingerprint density at radius 2 is 1.82 bits per heavy atom. The standard InChI is InChI=1S/C24H18ClN3O5/c1-32-19-9-10-21(22(14-19)33-2)27-23(16-6-4-7-17(25)13-16)26-20(24(27)29)12-15-5-3-8-18(11-15)28(30)31/h3-14H,1-2H3/b20-12-. The maximum Gasteiger partial charge on any atom is 0.282 e. The predicted molar refractivity (Wildman–Crippen MR) is 126 cm³/mol. The van der Waals surface area contributed by atoms with Crippen LogP contribution >= 0.6 is 11.6 Å². The molecule has 1 aliphatic heterocycles. The molecular formula is C24H18ClN3O5. The third-order valence-electron chi connectivity index (χ3n) is 4.96. The summed E-state index contributed by atoms with van der Waals surface area (Å²) in [6.45, 7) is 0. The van der Waals surface area contributed by atoms with Crippen molar-refractivity contribution in [1.82, 2.24) is 0 Å². The summed E-state index contributed by atoms with van der Waals surface area (Å²) >= 11 is 6.19. The molecular weight excluding hydrogens is 446 g/mol. The quantitative estimate of drug-likeness (QED) is 0.288. The second-order valence-electron chi connectivity index (χ2n) is 7.01. The van der Waals surface area contributed by atoms with Crippen LogP contribution in [0, 0.1) is 10.1 Å². The molecule has 166 valence electrons. The minimum Gasteiger partial charge on any atom is -0.497 e. The highest BCUT2D eigenvalue weighted by atomic mass is 35.5. The Hall–Kier alpha value is -4.17. The van der Waals surface area contributed by atoms with Crippen molar-refractivity contribution in [2.45, 2.75) is 0 Å². The van der Waals surface area contributed by atoms with E-state index in [1.54, 1.807) is 54.6 Å². The number of hydrogen-bond donors (Lipinski definition) is 0. The fraction of sp³-hybridized carbons (Fsp3) is 0.0833. The van der Waals surface area contributed by atoms with E-state index in [1.165, 1.54) is 37.3 Å². The van der Waals surface area contributed by atoms with Gasteiger partial charge in [-0.05, 0) is 35.9 Å². The number of halogens is 1. The van der Waals surface area contributed by atoms with E-state index in [2.05, 4.69) is 4.99 Å². The third kappa shape index (κ3) is 4.42. The molecule has 1 heterocycles. The van der Waals surface area contributed by atoms with E-state index in [9.17, 15) is 14.9 Å². The lowest BCUT2D eigenvalue weighted by Gasteiger charge is -2.21. The van der Waals surface area contributed by atoms with Gasteiger partial charge in [0, 0.05) is 28.8 Å². The molecule has 0 saturated carbocycles. The van der Waals surface area contributed by atoms with Gasteiger partial charge in [0.2, 0.25) is 0 Å². The van der Waals surface area contributed by atoms with Crippen LogP contribution in [-0.2, 0) is 4.79 Å². The van der Waals surface area contributed by atoms with Gasteiger partial charge < -0.3 is 9.47 Å². The lowest BCUT2D eigenvalue weighted by atomic mass is 10.1. The number of carbonyl (C=O) groups is 1. The first-order valence-electron chi connectivity index (χ1n) is 9.78. The van der Waals surface area contributed by atoms with Crippen molar-refractivity contribution in [3.05, 3.63) is 98.7 Å². The highest BCUT2D eigenvalue weighted by Crippen LogP contribution is 2.37. The van der Waals surface area contributed by atoms with E-state index >= 15 is 0 Å². The smallest absolute Gasteiger partial charge is 0.282 e. The van der Waals surface area contributed by atoms with E-state index in [0.29, 0.717) is 39.2 Å². The van der Waals surface area contributed by atoms with Crippen LogP contribution in [0.2, 0.25) is 5.02 Å². The number of nitro groups is 1. The maximum absolute atomic E-state index is 13.5. The van der Waals surface area contributed by atoms with Crippen molar-refractivity contribution in [2.24, 2.45) is 4.99 Å². The molecule has 33 heavy (non-hydrogen) atoms. The number of rotatable bonds is 6. The molecule has 0 saturated heterocycles. The Labute approximate surface area is 194 Å². The van der Waals surface area contributed by atoms with Crippen LogP contribution < -0.4 is 14.4 Å². The van der Waals surface area contributed by atoms with Crippen molar-refractivity contribution < 1.29 is 19.2 Å². The number of nitrogens with zero attached hydrogens (tertiary/aromatic N) is 3. The highest BCUT2D eigenvalue weighted by molar-refractivity contribution is 6.35. The molecule has 8 nitrogen and oxygen atoms in total. The zero-order chi connectivity index (χ0) is 23.5. The molecule has 0 atom stereocenters. The second-order valence-corrected chi connectivity index (χ2v) is 7.44. The molecule has 4 rings (SSSR count). The predicted octanol–water partition coefficient (Wildman–Crippen LogP) is 5.10. The number of carbonyl (C=O) groups excluding carboxylic acids is 1. The van der Waals surface area contributed by atoms with Crippen LogP contribution in [0.5, 0.6) is 11.5 Å². The Morgan fingerprint density at radius 3 is 2.52 bits per heavy atom. The van der Waals surface area contributed by atoms with Crippen molar-refractivity contribution in [3.63, 3.8) is 0 Å².